The van der Waals surface area contributed by atoms with Gasteiger partial charge in [0.2, 0.25) is 0 Å². The van der Waals surface area contributed by atoms with E-state index in [2.05, 4.69) is 0 Å². The molecule has 2 aromatic carbocycles. The Labute approximate surface area is 185 Å². The molecule has 2 saturated heterocycles. The highest BCUT2D eigenvalue weighted by molar-refractivity contribution is 5.89. The first-order chi connectivity index (χ1) is 15.5. The molecule has 2 fully saturated rings. The molecule has 1 N–H and O–H groups in total. The smallest absolute Gasteiger partial charge is 0.414 e. The van der Waals surface area contributed by atoms with Crippen LogP contribution < -0.4 is 9.64 Å². The maximum absolute atomic E-state index is 14.6. The fourth-order valence-corrected chi connectivity index (χ4v) is 3.84. The molecular weight excluding hydrogens is 419 g/mol. The average Bonchev–Trinajstić information content (AvgIpc) is 3.43. The van der Waals surface area contributed by atoms with E-state index in [1.54, 1.807) is 11.0 Å². The van der Waals surface area contributed by atoms with Crippen molar-refractivity contribution in [1.82, 2.24) is 4.90 Å². The number of benzene rings is 2. The third-order valence-corrected chi connectivity index (χ3v) is 5.55. The fourth-order valence-electron chi connectivity index (χ4n) is 3.84. The van der Waals surface area contributed by atoms with Crippen LogP contribution >= 0.6 is 0 Å². The minimum atomic E-state index is -0.632. The van der Waals surface area contributed by atoms with Crippen molar-refractivity contribution >= 4 is 17.9 Å². The maximum atomic E-state index is 14.6. The summed E-state index contributed by atoms with van der Waals surface area (Å²) in [6.45, 7) is 0.742. The van der Waals surface area contributed by atoms with Gasteiger partial charge >= 0.3 is 12.2 Å². The third-order valence-electron chi connectivity index (χ3n) is 5.55. The lowest BCUT2D eigenvalue weighted by Crippen LogP contribution is -2.39. The largest absolute Gasteiger partial charge is 0.488 e. The van der Waals surface area contributed by atoms with Crippen LogP contribution in [0.3, 0.4) is 0 Å². The van der Waals surface area contributed by atoms with E-state index >= 15 is 0 Å². The molecule has 0 aliphatic carbocycles. The Morgan fingerprint density at radius 2 is 2.03 bits per heavy atom. The first-order valence-corrected chi connectivity index (χ1v) is 10.5. The average molecular weight is 444 g/mol. The van der Waals surface area contributed by atoms with Crippen LogP contribution in [-0.2, 0) is 16.1 Å². The number of carbonyl (C=O) groups excluding carboxylic acids is 2. The summed E-state index contributed by atoms with van der Waals surface area (Å²) in [4.78, 5) is 27.2. The van der Waals surface area contributed by atoms with E-state index in [0.29, 0.717) is 12.2 Å². The number of anilines is 1. The zero-order valence-corrected chi connectivity index (χ0v) is 17.5. The van der Waals surface area contributed by atoms with Crippen molar-refractivity contribution in [3.05, 3.63) is 59.9 Å². The Balaban J connectivity index is 1.32. The molecule has 32 heavy (non-hydrogen) atoms. The maximum Gasteiger partial charge on any atom is 0.414 e. The Morgan fingerprint density at radius 3 is 2.75 bits per heavy atom. The van der Waals surface area contributed by atoms with E-state index < -0.39 is 24.1 Å². The van der Waals surface area contributed by atoms with E-state index in [0.717, 1.165) is 18.4 Å². The van der Waals surface area contributed by atoms with Crippen LogP contribution in [0.25, 0.3) is 0 Å². The van der Waals surface area contributed by atoms with Gasteiger partial charge in [0.1, 0.15) is 19.3 Å². The number of aliphatic hydroxyl groups is 1. The van der Waals surface area contributed by atoms with Crippen molar-refractivity contribution in [2.75, 3.05) is 31.2 Å². The summed E-state index contributed by atoms with van der Waals surface area (Å²) in [6, 6.07) is 13.4. The summed E-state index contributed by atoms with van der Waals surface area (Å²) in [5.74, 6) is -0.594. The van der Waals surface area contributed by atoms with Gasteiger partial charge < -0.3 is 24.2 Å². The number of ether oxygens (including phenoxy) is 3. The predicted molar refractivity (Wildman–Crippen MR) is 113 cm³/mol. The number of hydrogen-bond donors (Lipinski definition) is 1. The van der Waals surface area contributed by atoms with Crippen LogP contribution in [0.1, 0.15) is 18.4 Å². The number of amides is 2. The van der Waals surface area contributed by atoms with Crippen LogP contribution in [0.15, 0.2) is 48.5 Å². The van der Waals surface area contributed by atoms with Gasteiger partial charge in [-0.3, -0.25) is 4.90 Å². The lowest BCUT2D eigenvalue weighted by Gasteiger charge is -2.24. The molecule has 2 atom stereocenters. The monoisotopic (exact) mass is 444 g/mol. The van der Waals surface area contributed by atoms with Gasteiger partial charge in [-0.25, -0.2) is 14.0 Å². The van der Waals surface area contributed by atoms with Gasteiger partial charge in [-0.1, -0.05) is 30.3 Å². The van der Waals surface area contributed by atoms with Crippen LogP contribution in [0, 0.1) is 5.82 Å². The summed E-state index contributed by atoms with van der Waals surface area (Å²) < 4.78 is 30.6. The summed E-state index contributed by atoms with van der Waals surface area (Å²) in [5.41, 5.74) is 1.23. The zero-order valence-electron chi connectivity index (χ0n) is 17.5. The molecule has 4 rings (SSSR count). The van der Waals surface area contributed by atoms with E-state index in [-0.39, 0.29) is 38.2 Å². The highest BCUT2D eigenvalue weighted by Crippen LogP contribution is 2.28. The van der Waals surface area contributed by atoms with Gasteiger partial charge in [-0.15, -0.1) is 0 Å². The Morgan fingerprint density at radius 1 is 1.22 bits per heavy atom. The molecule has 2 aromatic rings. The van der Waals surface area contributed by atoms with Gasteiger partial charge in [0, 0.05) is 12.6 Å². The first-order valence-electron chi connectivity index (χ1n) is 10.5. The van der Waals surface area contributed by atoms with E-state index in [4.69, 9.17) is 19.3 Å². The Kier molecular flexibility index (Phi) is 6.75. The van der Waals surface area contributed by atoms with Crippen LogP contribution in [0.2, 0.25) is 0 Å². The van der Waals surface area contributed by atoms with E-state index in [1.807, 2.05) is 30.3 Å². The molecule has 2 heterocycles. The summed E-state index contributed by atoms with van der Waals surface area (Å²) in [5, 5.41) is 9.14. The number of carbonyl (C=O) groups is 2. The molecule has 2 aliphatic rings. The molecule has 0 saturated carbocycles. The van der Waals surface area contributed by atoms with Crippen molar-refractivity contribution < 1.29 is 33.3 Å². The standard InChI is InChI=1S/C23H25FN2O6/c24-20-11-17(26-12-19(13-27)32-23(26)29)8-9-21(20)30-15-18-7-4-10-25(18)22(28)31-14-16-5-2-1-3-6-16/h1-3,5-6,8-9,11,18-19,27H,4,7,10,12-15H2/t18-,19+/m0/s1. The van der Waals surface area contributed by atoms with Crippen molar-refractivity contribution in [3.63, 3.8) is 0 Å². The summed E-state index contributed by atoms with van der Waals surface area (Å²) in [7, 11) is 0. The van der Waals surface area contributed by atoms with Gasteiger partial charge in [0.05, 0.1) is 24.9 Å². The zero-order chi connectivity index (χ0) is 22.5. The number of rotatable bonds is 7. The van der Waals surface area contributed by atoms with E-state index in [1.165, 1.54) is 17.0 Å². The second kappa shape index (κ2) is 9.86. The minimum Gasteiger partial charge on any atom is -0.488 e. The highest BCUT2D eigenvalue weighted by atomic mass is 19.1. The molecular formula is C23H25FN2O6. The number of likely N-dealkylation sites (tertiary alicyclic amines) is 1. The number of nitrogens with zero attached hydrogens (tertiary/aromatic N) is 2. The number of hydrogen-bond acceptors (Lipinski definition) is 6. The second-order valence-electron chi connectivity index (χ2n) is 7.75. The highest BCUT2D eigenvalue weighted by Gasteiger charge is 2.33. The van der Waals surface area contributed by atoms with Crippen molar-refractivity contribution in [3.8, 4) is 5.75 Å². The fraction of sp³-hybridized carbons (Fsp3) is 0.391. The quantitative estimate of drug-likeness (QED) is 0.705. The normalized spacial score (nSPS) is 20.4. The Hall–Kier alpha value is -3.33. The molecule has 0 radical (unpaired) electrons. The second-order valence-corrected chi connectivity index (χ2v) is 7.75. The van der Waals surface area contributed by atoms with Crippen molar-refractivity contribution in [2.45, 2.75) is 31.6 Å². The summed E-state index contributed by atoms with van der Waals surface area (Å²) in [6.07, 6.45) is -0.118. The van der Waals surface area contributed by atoms with Crippen LogP contribution in [0.5, 0.6) is 5.75 Å². The van der Waals surface area contributed by atoms with Crippen molar-refractivity contribution in [1.29, 1.82) is 0 Å². The lowest BCUT2D eigenvalue weighted by molar-refractivity contribution is 0.0819. The number of cyclic esters (lactones) is 1. The lowest BCUT2D eigenvalue weighted by atomic mass is 10.2. The van der Waals surface area contributed by atoms with Gasteiger partial charge in [0.25, 0.3) is 0 Å². The molecule has 9 heteroatoms. The topological polar surface area (TPSA) is 88.5 Å². The molecule has 2 amide bonds. The minimum absolute atomic E-state index is 0.0320. The predicted octanol–water partition coefficient (Wildman–Crippen LogP) is 3.32. The van der Waals surface area contributed by atoms with Crippen LogP contribution in [0.4, 0.5) is 19.7 Å². The molecule has 0 bridgehead atoms. The van der Waals surface area contributed by atoms with Gasteiger partial charge in [0.15, 0.2) is 11.6 Å². The Bertz CT molecular complexity index is 957. The van der Waals surface area contributed by atoms with Gasteiger partial charge in [-0.05, 0) is 30.5 Å². The van der Waals surface area contributed by atoms with Crippen molar-refractivity contribution in [2.24, 2.45) is 0 Å². The number of aliphatic hydroxyl groups excluding tert-OH is 1. The number of halogens is 1. The molecule has 0 aromatic heterocycles. The molecule has 2 aliphatic heterocycles. The molecule has 170 valence electrons. The molecule has 0 unspecified atom stereocenters. The third kappa shape index (κ3) is 4.94. The molecule has 8 nitrogen and oxygen atoms in total. The SMILES string of the molecule is O=C1O[C@@H](CO)CN1c1ccc(OC[C@@H]2CCCN2C(=O)OCc2ccccc2)c(F)c1. The molecule has 0 spiro atoms. The first kappa shape index (κ1) is 21.9. The van der Waals surface area contributed by atoms with Crippen LogP contribution in [-0.4, -0.2) is 60.6 Å². The van der Waals surface area contributed by atoms with E-state index in [9.17, 15) is 14.0 Å². The van der Waals surface area contributed by atoms with Gasteiger partial charge in [-0.2, -0.15) is 0 Å². The summed E-state index contributed by atoms with van der Waals surface area (Å²) >= 11 is 0.